The number of carbonyl (C=O) groups excluding carboxylic acids is 1. The maximum atomic E-state index is 13.2. The SMILES string of the molecule is Cc1ccccc1C1CC(N(C(=O)c2cnc3occc3c2)C2CC2)C1. The van der Waals surface area contributed by atoms with E-state index < -0.39 is 0 Å². The van der Waals surface area contributed by atoms with Crippen LogP contribution in [-0.4, -0.2) is 27.9 Å². The van der Waals surface area contributed by atoms with Crippen molar-refractivity contribution >= 4 is 17.0 Å². The van der Waals surface area contributed by atoms with Crippen LogP contribution in [0.4, 0.5) is 0 Å². The van der Waals surface area contributed by atoms with Crippen molar-refractivity contribution in [3.05, 3.63) is 65.5 Å². The molecule has 4 nitrogen and oxygen atoms in total. The van der Waals surface area contributed by atoms with E-state index in [1.54, 1.807) is 12.5 Å². The summed E-state index contributed by atoms with van der Waals surface area (Å²) < 4.78 is 5.29. The summed E-state index contributed by atoms with van der Waals surface area (Å²) in [5.41, 5.74) is 4.05. The third-order valence-electron chi connectivity index (χ3n) is 5.86. The molecule has 132 valence electrons. The number of hydrogen-bond acceptors (Lipinski definition) is 3. The number of pyridine rings is 1. The molecule has 0 unspecified atom stereocenters. The van der Waals surface area contributed by atoms with Crippen LogP contribution in [0, 0.1) is 6.92 Å². The minimum absolute atomic E-state index is 0.122. The van der Waals surface area contributed by atoms with Crippen molar-refractivity contribution in [2.45, 2.75) is 50.6 Å². The van der Waals surface area contributed by atoms with Crippen molar-refractivity contribution in [2.24, 2.45) is 0 Å². The van der Waals surface area contributed by atoms with E-state index in [0.717, 1.165) is 31.1 Å². The highest BCUT2D eigenvalue weighted by Gasteiger charge is 2.44. The van der Waals surface area contributed by atoms with E-state index in [2.05, 4.69) is 41.1 Å². The van der Waals surface area contributed by atoms with E-state index in [-0.39, 0.29) is 5.91 Å². The summed E-state index contributed by atoms with van der Waals surface area (Å²) in [6, 6.07) is 13.1. The van der Waals surface area contributed by atoms with Gasteiger partial charge in [0.1, 0.15) is 0 Å². The zero-order chi connectivity index (χ0) is 17.7. The number of rotatable bonds is 4. The first-order chi connectivity index (χ1) is 12.7. The Hall–Kier alpha value is -2.62. The van der Waals surface area contributed by atoms with Crippen molar-refractivity contribution in [2.75, 3.05) is 0 Å². The number of fused-ring (bicyclic) bond motifs is 1. The molecule has 0 N–H and O–H groups in total. The Morgan fingerprint density at radius 1 is 1.15 bits per heavy atom. The van der Waals surface area contributed by atoms with Crippen LogP contribution in [0.15, 0.2) is 53.3 Å². The number of aryl methyl sites for hydroxylation is 1. The Morgan fingerprint density at radius 3 is 2.73 bits per heavy atom. The molecule has 2 heterocycles. The number of furan rings is 1. The Morgan fingerprint density at radius 2 is 1.96 bits per heavy atom. The Balaban J connectivity index is 1.36. The molecule has 0 spiro atoms. The second-order valence-corrected chi connectivity index (χ2v) is 7.66. The normalized spacial score (nSPS) is 22.2. The minimum Gasteiger partial charge on any atom is -0.446 e. The van der Waals surface area contributed by atoms with Gasteiger partial charge in [-0.15, -0.1) is 0 Å². The number of benzene rings is 1. The van der Waals surface area contributed by atoms with Gasteiger partial charge in [0.15, 0.2) is 0 Å². The fraction of sp³-hybridized carbons (Fsp3) is 0.364. The molecule has 3 aromatic rings. The maximum absolute atomic E-state index is 13.2. The van der Waals surface area contributed by atoms with Gasteiger partial charge in [0, 0.05) is 23.7 Å². The van der Waals surface area contributed by atoms with E-state index in [1.165, 1.54) is 11.1 Å². The summed E-state index contributed by atoms with van der Waals surface area (Å²) in [5.74, 6) is 0.695. The first kappa shape index (κ1) is 15.6. The fourth-order valence-electron chi connectivity index (χ4n) is 4.22. The lowest BCUT2D eigenvalue weighted by Gasteiger charge is -2.44. The summed E-state index contributed by atoms with van der Waals surface area (Å²) in [5, 5.41) is 0.887. The predicted octanol–water partition coefficient (Wildman–Crippen LogP) is 4.69. The van der Waals surface area contributed by atoms with Crippen molar-refractivity contribution in [1.82, 2.24) is 9.88 Å². The molecule has 0 atom stereocenters. The van der Waals surface area contributed by atoms with Crippen LogP contribution in [0.3, 0.4) is 0 Å². The van der Waals surface area contributed by atoms with Crippen molar-refractivity contribution in [1.29, 1.82) is 0 Å². The Labute approximate surface area is 152 Å². The number of amides is 1. The smallest absolute Gasteiger partial charge is 0.255 e. The third-order valence-corrected chi connectivity index (χ3v) is 5.86. The molecule has 1 aromatic carbocycles. The molecular formula is C22H22N2O2. The predicted molar refractivity (Wildman–Crippen MR) is 100 cm³/mol. The van der Waals surface area contributed by atoms with Gasteiger partial charge in [0.05, 0.1) is 11.8 Å². The highest BCUT2D eigenvalue weighted by atomic mass is 16.3. The molecule has 2 aromatic heterocycles. The average Bonchev–Trinajstić information content (AvgIpc) is 3.34. The topological polar surface area (TPSA) is 46.3 Å². The molecule has 5 rings (SSSR count). The van der Waals surface area contributed by atoms with Crippen LogP contribution in [-0.2, 0) is 0 Å². The molecule has 0 saturated heterocycles. The Bertz CT molecular complexity index is 967. The van der Waals surface area contributed by atoms with Gasteiger partial charge in [-0.2, -0.15) is 0 Å². The van der Waals surface area contributed by atoms with E-state index in [1.807, 2.05) is 12.1 Å². The summed E-state index contributed by atoms with van der Waals surface area (Å²) in [6.07, 6.45) is 7.64. The largest absolute Gasteiger partial charge is 0.446 e. The molecule has 2 aliphatic rings. The molecule has 4 heteroatoms. The summed E-state index contributed by atoms with van der Waals surface area (Å²) in [7, 11) is 0. The summed E-state index contributed by atoms with van der Waals surface area (Å²) in [4.78, 5) is 19.6. The highest BCUT2D eigenvalue weighted by molar-refractivity contribution is 5.97. The standard InChI is InChI=1S/C22H22N2O2/c1-14-4-2-3-5-20(14)16-11-19(12-16)24(18-6-7-18)22(25)17-10-15-8-9-26-21(15)23-13-17/h2-5,8-10,13,16,18-19H,6-7,11-12H2,1H3. The van der Waals surface area contributed by atoms with Gasteiger partial charge in [-0.05, 0) is 61.8 Å². The monoisotopic (exact) mass is 346 g/mol. The molecule has 0 bridgehead atoms. The molecule has 2 aliphatic carbocycles. The number of aromatic nitrogens is 1. The lowest BCUT2D eigenvalue weighted by atomic mass is 9.73. The van der Waals surface area contributed by atoms with E-state index >= 15 is 0 Å². The van der Waals surface area contributed by atoms with E-state index in [9.17, 15) is 4.79 Å². The summed E-state index contributed by atoms with van der Waals surface area (Å²) in [6.45, 7) is 2.18. The first-order valence-electron chi connectivity index (χ1n) is 9.42. The average molecular weight is 346 g/mol. The number of carbonyl (C=O) groups is 1. The van der Waals surface area contributed by atoms with Gasteiger partial charge < -0.3 is 9.32 Å². The summed E-state index contributed by atoms with van der Waals surface area (Å²) >= 11 is 0. The zero-order valence-electron chi connectivity index (χ0n) is 14.9. The lowest BCUT2D eigenvalue weighted by Crippen LogP contribution is -2.48. The van der Waals surface area contributed by atoms with Crippen LogP contribution in [0.1, 0.15) is 53.1 Å². The molecule has 26 heavy (non-hydrogen) atoms. The quantitative estimate of drug-likeness (QED) is 0.689. The van der Waals surface area contributed by atoms with Crippen molar-refractivity contribution in [3.63, 3.8) is 0 Å². The van der Waals surface area contributed by atoms with E-state index in [4.69, 9.17) is 4.42 Å². The Kier molecular flexibility index (Phi) is 3.59. The second kappa shape index (κ2) is 5.97. The number of nitrogens with zero attached hydrogens (tertiary/aromatic N) is 2. The van der Waals surface area contributed by atoms with Gasteiger partial charge in [0.25, 0.3) is 5.91 Å². The highest BCUT2D eigenvalue weighted by Crippen LogP contribution is 2.44. The zero-order valence-corrected chi connectivity index (χ0v) is 14.9. The van der Waals surface area contributed by atoms with Gasteiger partial charge in [-0.3, -0.25) is 4.79 Å². The van der Waals surface area contributed by atoms with Crippen molar-refractivity contribution < 1.29 is 9.21 Å². The molecule has 2 saturated carbocycles. The van der Waals surface area contributed by atoms with Crippen LogP contribution < -0.4 is 0 Å². The maximum Gasteiger partial charge on any atom is 0.255 e. The van der Waals surface area contributed by atoms with Crippen LogP contribution in [0.5, 0.6) is 0 Å². The number of hydrogen-bond donors (Lipinski definition) is 0. The van der Waals surface area contributed by atoms with Gasteiger partial charge in [0.2, 0.25) is 5.71 Å². The third kappa shape index (κ3) is 2.61. The molecule has 0 aliphatic heterocycles. The first-order valence-corrected chi connectivity index (χ1v) is 9.42. The molecular weight excluding hydrogens is 324 g/mol. The minimum atomic E-state index is 0.122. The van der Waals surface area contributed by atoms with Crippen LogP contribution >= 0.6 is 0 Å². The molecule has 0 radical (unpaired) electrons. The van der Waals surface area contributed by atoms with E-state index in [0.29, 0.717) is 29.3 Å². The van der Waals surface area contributed by atoms with Crippen LogP contribution in [0.2, 0.25) is 0 Å². The fourth-order valence-corrected chi connectivity index (χ4v) is 4.22. The van der Waals surface area contributed by atoms with Gasteiger partial charge in [-0.25, -0.2) is 4.98 Å². The van der Waals surface area contributed by atoms with Gasteiger partial charge in [-0.1, -0.05) is 24.3 Å². The second-order valence-electron chi connectivity index (χ2n) is 7.66. The van der Waals surface area contributed by atoms with Crippen LogP contribution in [0.25, 0.3) is 11.1 Å². The molecule has 1 amide bonds. The van der Waals surface area contributed by atoms with Gasteiger partial charge >= 0.3 is 0 Å². The van der Waals surface area contributed by atoms with Crippen molar-refractivity contribution in [3.8, 4) is 0 Å². The molecule has 2 fully saturated rings. The lowest BCUT2D eigenvalue weighted by molar-refractivity contribution is 0.0516.